The molecule has 1 saturated heterocycles. The number of carbonyl (C=O) groups excluding carboxylic acids is 1. The van der Waals surface area contributed by atoms with Gasteiger partial charge in [0.2, 0.25) is 0 Å². The highest BCUT2D eigenvalue weighted by Crippen LogP contribution is 2.25. The number of rotatable bonds is 3. The topological polar surface area (TPSA) is 46.3 Å². The zero-order chi connectivity index (χ0) is 13.8. The van der Waals surface area contributed by atoms with Crippen LogP contribution in [0.2, 0.25) is 5.02 Å². The molecule has 1 aromatic rings. The predicted octanol–water partition coefficient (Wildman–Crippen LogP) is 3.30. The van der Waals surface area contributed by atoms with Gasteiger partial charge in [-0.3, -0.25) is 4.79 Å². The molecular weight excluding hydrogens is 328 g/mol. The maximum absolute atomic E-state index is 12.4. The second kappa shape index (κ2) is 6.73. The number of piperidine rings is 1. The molecule has 1 aliphatic rings. The van der Waals surface area contributed by atoms with Gasteiger partial charge in [-0.1, -0.05) is 11.6 Å². The molecule has 0 aliphatic carbocycles. The van der Waals surface area contributed by atoms with Crippen LogP contribution in [0.4, 0.5) is 0 Å². The number of benzene rings is 1. The van der Waals surface area contributed by atoms with Gasteiger partial charge in [0, 0.05) is 23.1 Å². The lowest BCUT2D eigenvalue weighted by Crippen LogP contribution is -2.40. The van der Waals surface area contributed by atoms with Crippen LogP contribution in [-0.2, 0) is 0 Å². The van der Waals surface area contributed by atoms with Crippen molar-refractivity contribution in [2.24, 2.45) is 11.7 Å². The molecule has 2 rings (SSSR count). The third kappa shape index (κ3) is 3.71. The highest BCUT2D eigenvalue weighted by atomic mass is 79.9. The smallest absolute Gasteiger partial charge is 0.253 e. The fourth-order valence-corrected chi connectivity index (χ4v) is 2.96. The third-order valence-electron chi connectivity index (χ3n) is 3.55. The summed E-state index contributed by atoms with van der Waals surface area (Å²) in [7, 11) is 0. The summed E-state index contributed by atoms with van der Waals surface area (Å²) in [5.74, 6) is 0.602. The quantitative estimate of drug-likeness (QED) is 0.913. The lowest BCUT2D eigenvalue weighted by atomic mass is 9.94. The number of amides is 1. The molecule has 2 N–H and O–H groups in total. The van der Waals surface area contributed by atoms with E-state index in [4.69, 9.17) is 17.3 Å². The van der Waals surface area contributed by atoms with Crippen LogP contribution in [0.5, 0.6) is 0 Å². The number of carbonyl (C=O) groups is 1. The molecule has 1 amide bonds. The van der Waals surface area contributed by atoms with Gasteiger partial charge >= 0.3 is 0 Å². The van der Waals surface area contributed by atoms with Crippen molar-refractivity contribution < 1.29 is 4.79 Å². The predicted molar refractivity (Wildman–Crippen MR) is 81.5 cm³/mol. The first-order valence-corrected chi connectivity index (χ1v) is 7.73. The highest BCUT2D eigenvalue weighted by molar-refractivity contribution is 9.10. The molecule has 0 aromatic heterocycles. The standard InChI is InChI=1S/C14H18BrClN2O/c15-12-4-3-11(8-13(12)16)14(19)18-7-1-2-10(9-18)5-6-17/h3-4,8,10H,1-2,5-7,9,17H2. The maximum atomic E-state index is 12.4. The number of halogens is 2. The van der Waals surface area contributed by atoms with Gasteiger partial charge in [0.15, 0.2) is 0 Å². The minimum Gasteiger partial charge on any atom is -0.338 e. The van der Waals surface area contributed by atoms with E-state index in [0.717, 1.165) is 30.4 Å². The number of hydrogen-bond donors (Lipinski definition) is 1. The Balaban J connectivity index is 2.08. The maximum Gasteiger partial charge on any atom is 0.253 e. The average molecular weight is 346 g/mol. The first kappa shape index (κ1) is 14.8. The second-order valence-corrected chi connectivity index (χ2v) is 6.23. The average Bonchev–Trinajstić information content (AvgIpc) is 2.42. The minimum atomic E-state index is 0.0659. The van der Waals surface area contributed by atoms with Crippen molar-refractivity contribution in [3.05, 3.63) is 33.3 Å². The van der Waals surface area contributed by atoms with Gasteiger partial charge in [-0.2, -0.15) is 0 Å². The number of hydrogen-bond acceptors (Lipinski definition) is 2. The summed E-state index contributed by atoms with van der Waals surface area (Å²) < 4.78 is 0.811. The van der Waals surface area contributed by atoms with Crippen molar-refractivity contribution >= 4 is 33.4 Å². The highest BCUT2D eigenvalue weighted by Gasteiger charge is 2.24. The van der Waals surface area contributed by atoms with Crippen molar-refractivity contribution in [3.8, 4) is 0 Å². The minimum absolute atomic E-state index is 0.0659. The molecule has 3 nitrogen and oxygen atoms in total. The monoisotopic (exact) mass is 344 g/mol. The Bertz CT molecular complexity index is 465. The van der Waals surface area contributed by atoms with Crippen molar-refractivity contribution in [2.75, 3.05) is 19.6 Å². The zero-order valence-electron chi connectivity index (χ0n) is 10.7. The van der Waals surface area contributed by atoms with Gasteiger partial charge in [0.1, 0.15) is 0 Å². The molecule has 1 fully saturated rings. The molecule has 0 bridgehead atoms. The van der Waals surface area contributed by atoms with E-state index >= 15 is 0 Å². The molecule has 1 aliphatic heterocycles. The van der Waals surface area contributed by atoms with Gasteiger partial charge in [-0.05, 0) is 65.9 Å². The van der Waals surface area contributed by atoms with E-state index in [2.05, 4.69) is 15.9 Å². The Morgan fingerprint density at radius 1 is 1.53 bits per heavy atom. The fraction of sp³-hybridized carbons (Fsp3) is 0.500. The zero-order valence-corrected chi connectivity index (χ0v) is 13.1. The molecule has 104 valence electrons. The van der Waals surface area contributed by atoms with Crippen LogP contribution in [0.15, 0.2) is 22.7 Å². The van der Waals surface area contributed by atoms with E-state index in [-0.39, 0.29) is 5.91 Å². The molecule has 5 heteroatoms. The molecule has 0 saturated carbocycles. The van der Waals surface area contributed by atoms with Crippen LogP contribution >= 0.6 is 27.5 Å². The van der Waals surface area contributed by atoms with E-state index in [0.29, 0.717) is 23.0 Å². The molecule has 1 unspecified atom stereocenters. The van der Waals surface area contributed by atoms with Gasteiger partial charge in [0.05, 0.1) is 5.02 Å². The lowest BCUT2D eigenvalue weighted by Gasteiger charge is -2.32. The van der Waals surface area contributed by atoms with E-state index in [1.807, 2.05) is 17.0 Å². The molecule has 1 aromatic carbocycles. The number of likely N-dealkylation sites (tertiary alicyclic amines) is 1. The molecular formula is C14H18BrClN2O. The van der Waals surface area contributed by atoms with E-state index < -0.39 is 0 Å². The third-order valence-corrected chi connectivity index (χ3v) is 4.78. The van der Waals surface area contributed by atoms with Crippen LogP contribution in [0.1, 0.15) is 29.6 Å². The van der Waals surface area contributed by atoms with Crippen molar-refractivity contribution in [2.45, 2.75) is 19.3 Å². The Morgan fingerprint density at radius 2 is 2.32 bits per heavy atom. The van der Waals surface area contributed by atoms with Crippen molar-refractivity contribution in [3.63, 3.8) is 0 Å². The molecule has 1 atom stereocenters. The molecule has 0 radical (unpaired) electrons. The van der Waals surface area contributed by atoms with E-state index in [1.54, 1.807) is 6.07 Å². The molecule has 0 spiro atoms. The Kier molecular flexibility index (Phi) is 5.25. The summed E-state index contributed by atoms with van der Waals surface area (Å²) in [4.78, 5) is 14.4. The SMILES string of the molecule is NCCC1CCCN(C(=O)c2ccc(Br)c(Cl)c2)C1. The van der Waals surface area contributed by atoms with E-state index in [9.17, 15) is 4.79 Å². The van der Waals surface area contributed by atoms with Crippen molar-refractivity contribution in [1.29, 1.82) is 0 Å². The van der Waals surface area contributed by atoms with Crippen LogP contribution in [-0.4, -0.2) is 30.4 Å². The lowest BCUT2D eigenvalue weighted by molar-refractivity contribution is 0.0669. The van der Waals surface area contributed by atoms with Crippen LogP contribution in [0, 0.1) is 5.92 Å². The van der Waals surface area contributed by atoms with Crippen LogP contribution in [0.3, 0.4) is 0 Å². The van der Waals surface area contributed by atoms with Crippen LogP contribution in [0.25, 0.3) is 0 Å². The van der Waals surface area contributed by atoms with Crippen LogP contribution < -0.4 is 5.73 Å². The van der Waals surface area contributed by atoms with Crippen molar-refractivity contribution in [1.82, 2.24) is 4.90 Å². The summed E-state index contributed by atoms with van der Waals surface area (Å²) in [6.45, 7) is 2.33. The second-order valence-electron chi connectivity index (χ2n) is 4.97. The molecule has 1 heterocycles. The Labute approximate surface area is 127 Å². The summed E-state index contributed by atoms with van der Waals surface area (Å²) >= 11 is 9.37. The first-order chi connectivity index (χ1) is 9.11. The number of nitrogens with two attached hydrogens (primary N) is 1. The van der Waals surface area contributed by atoms with Gasteiger partial charge in [-0.25, -0.2) is 0 Å². The molecule has 19 heavy (non-hydrogen) atoms. The van der Waals surface area contributed by atoms with Gasteiger partial charge in [-0.15, -0.1) is 0 Å². The number of nitrogens with zero attached hydrogens (tertiary/aromatic N) is 1. The fourth-order valence-electron chi connectivity index (χ4n) is 2.53. The Hall–Kier alpha value is -0.580. The largest absolute Gasteiger partial charge is 0.338 e. The van der Waals surface area contributed by atoms with E-state index in [1.165, 1.54) is 6.42 Å². The van der Waals surface area contributed by atoms with Gasteiger partial charge < -0.3 is 10.6 Å². The summed E-state index contributed by atoms with van der Waals surface area (Å²) in [5, 5.41) is 0.571. The normalized spacial score (nSPS) is 19.5. The summed E-state index contributed by atoms with van der Waals surface area (Å²) in [6.07, 6.45) is 3.22. The first-order valence-electron chi connectivity index (χ1n) is 6.56. The van der Waals surface area contributed by atoms with Gasteiger partial charge in [0.25, 0.3) is 5.91 Å². The Morgan fingerprint density at radius 3 is 3.00 bits per heavy atom. The summed E-state index contributed by atoms with van der Waals surface area (Å²) in [5.41, 5.74) is 6.26. The summed E-state index contributed by atoms with van der Waals surface area (Å²) in [6, 6.07) is 5.35.